The van der Waals surface area contributed by atoms with E-state index >= 15 is 0 Å². The standard InChI is InChI=1S/C27H24FN3O3S2/c1-3-34-22-13-9-18(10-14-22)24-16-35-27(30-24)31-25(32)17(2)36-23-6-4-5-21(15-23)29-26(33)19-7-11-20(28)12-8-19/h4-17H,3H2,1-2H3,(H,29,33)(H,30,31,32). The first-order valence-corrected chi connectivity index (χ1v) is 13.0. The van der Waals surface area contributed by atoms with Crippen LogP contribution in [0.2, 0.25) is 0 Å². The predicted molar refractivity (Wildman–Crippen MR) is 143 cm³/mol. The monoisotopic (exact) mass is 521 g/mol. The minimum absolute atomic E-state index is 0.173. The number of thioether (sulfide) groups is 1. The molecule has 0 aliphatic rings. The average molecular weight is 522 g/mol. The Kier molecular flexibility index (Phi) is 8.35. The molecule has 2 N–H and O–H groups in total. The Morgan fingerprint density at radius 2 is 1.81 bits per heavy atom. The number of amides is 2. The SMILES string of the molecule is CCOc1ccc(-c2csc(NC(=O)C(C)Sc3cccc(NC(=O)c4ccc(F)cc4)c3)n2)cc1. The summed E-state index contributed by atoms with van der Waals surface area (Å²) >= 11 is 2.73. The van der Waals surface area contributed by atoms with Crippen molar-refractivity contribution in [2.45, 2.75) is 24.0 Å². The minimum Gasteiger partial charge on any atom is -0.494 e. The Morgan fingerprint density at radius 3 is 2.53 bits per heavy atom. The molecule has 0 aliphatic carbocycles. The van der Waals surface area contributed by atoms with E-state index in [1.807, 2.05) is 49.6 Å². The summed E-state index contributed by atoms with van der Waals surface area (Å²) in [6.45, 7) is 4.36. The fraction of sp³-hybridized carbons (Fsp3) is 0.148. The average Bonchev–Trinajstić information content (AvgIpc) is 3.33. The molecule has 0 bridgehead atoms. The van der Waals surface area contributed by atoms with Crippen molar-refractivity contribution in [3.8, 4) is 17.0 Å². The Hall–Kier alpha value is -3.69. The molecule has 4 aromatic rings. The van der Waals surface area contributed by atoms with Gasteiger partial charge in [-0.3, -0.25) is 9.59 Å². The molecule has 184 valence electrons. The first-order chi connectivity index (χ1) is 17.4. The van der Waals surface area contributed by atoms with Crippen LogP contribution in [-0.2, 0) is 4.79 Å². The molecule has 9 heteroatoms. The van der Waals surface area contributed by atoms with E-state index in [1.54, 1.807) is 18.2 Å². The van der Waals surface area contributed by atoms with Gasteiger partial charge in [-0.05, 0) is 80.6 Å². The lowest BCUT2D eigenvalue weighted by Crippen LogP contribution is -2.22. The summed E-state index contributed by atoms with van der Waals surface area (Å²) in [5.74, 6) is -0.110. The number of nitrogens with zero attached hydrogens (tertiary/aromatic N) is 1. The highest BCUT2D eigenvalue weighted by molar-refractivity contribution is 8.00. The number of hydrogen-bond acceptors (Lipinski definition) is 6. The zero-order valence-electron chi connectivity index (χ0n) is 19.7. The number of thiazole rings is 1. The van der Waals surface area contributed by atoms with Gasteiger partial charge < -0.3 is 15.4 Å². The van der Waals surface area contributed by atoms with Crippen molar-refractivity contribution in [3.05, 3.63) is 89.6 Å². The summed E-state index contributed by atoms with van der Waals surface area (Å²) in [5.41, 5.74) is 2.66. The molecule has 0 saturated carbocycles. The maximum absolute atomic E-state index is 13.1. The Balaban J connectivity index is 1.34. The van der Waals surface area contributed by atoms with E-state index in [1.165, 1.54) is 47.4 Å². The van der Waals surface area contributed by atoms with Crippen molar-refractivity contribution < 1.29 is 18.7 Å². The number of rotatable bonds is 9. The number of aromatic nitrogens is 1. The quantitative estimate of drug-likeness (QED) is 0.239. The highest BCUT2D eigenvalue weighted by Crippen LogP contribution is 2.29. The number of hydrogen-bond donors (Lipinski definition) is 2. The summed E-state index contributed by atoms with van der Waals surface area (Å²) in [7, 11) is 0. The lowest BCUT2D eigenvalue weighted by atomic mass is 10.2. The molecule has 1 aromatic heterocycles. The van der Waals surface area contributed by atoms with Gasteiger partial charge in [0.1, 0.15) is 11.6 Å². The van der Waals surface area contributed by atoms with Crippen LogP contribution < -0.4 is 15.4 Å². The smallest absolute Gasteiger partial charge is 0.255 e. The molecular formula is C27H24FN3O3S2. The first kappa shape index (κ1) is 25.4. The summed E-state index contributed by atoms with van der Waals surface area (Å²) < 4.78 is 18.6. The fourth-order valence-corrected chi connectivity index (χ4v) is 4.92. The number of ether oxygens (including phenoxy) is 1. The van der Waals surface area contributed by atoms with Gasteiger partial charge in [-0.1, -0.05) is 6.07 Å². The zero-order valence-corrected chi connectivity index (χ0v) is 21.3. The Labute approximate surface area is 216 Å². The largest absolute Gasteiger partial charge is 0.494 e. The maximum atomic E-state index is 13.1. The van der Waals surface area contributed by atoms with Crippen LogP contribution in [-0.4, -0.2) is 28.7 Å². The lowest BCUT2D eigenvalue weighted by molar-refractivity contribution is -0.115. The summed E-state index contributed by atoms with van der Waals surface area (Å²) in [6.07, 6.45) is 0. The second-order valence-electron chi connectivity index (χ2n) is 7.73. The predicted octanol–water partition coefficient (Wildman–Crippen LogP) is 6.72. The summed E-state index contributed by atoms with van der Waals surface area (Å²) in [6, 6.07) is 20.2. The van der Waals surface area contributed by atoms with E-state index in [0.717, 1.165) is 21.9 Å². The molecule has 0 radical (unpaired) electrons. The lowest BCUT2D eigenvalue weighted by Gasteiger charge is -2.12. The van der Waals surface area contributed by atoms with E-state index < -0.39 is 11.1 Å². The van der Waals surface area contributed by atoms with E-state index in [-0.39, 0.29) is 11.8 Å². The summed E-state index contributed by atoms with van der Waals surface area (Å²) in [4.78, 5) is 30.5. The maximum Gasteiger partial charge on any atom is 0.255 e. The number of carbonyl (C=O) groups is 2. The van der Waals surface area contributed by atoms with Crippen LogP contribution in [0.4, 0.5) is 15.2 Å². The number of benzene rings is 3. The third-order valence-electron chi connectivity index (χ3n) is 5.08. The highest BCUT2D eigenvalue weighted by Gasteiger charge is 2.17. The van der Waals surface area contributed by atoms with Crippen LogP contribution in [0, 0.1) is 5.82 Å². The molecule has 36 heavy (non-hydrogen) atoms. The van der Waals surface area contributed by atoms with Crippen LogP contribution in [0.3, 0.4) is 0 Å². The molecule has 0 spiro atoms. The number of nitrogens with one attached hydrogen (secondary N) is 2. The fourth-order valence-electron chi connectivity index (χ4n) is 3.27. The third-order valence-corrected chi connectivity index (χ3v) is 6.93. The van der Waals surface area contributed by atoms with E-state index in [9.17, 15) is 14.0 Å². The molecule has 6 nitrogen and oxygen atoms in total. The molecule has 1 heterocycles. The van der Waals surface area contributed by atoms with Crippen LogP contribution in [0.5, 0.6) is 5.75 Å². The van der Waals surface area contributed by atoms with Gasteiger partial charge in [0.05, 0.1) is 17.6 Å². The van der Waals surface area contributed by atoms with Crippen molar-refractivity contribution >= 4 is 45.7 Å². The van der Waals surface area contributed by atoms with Crippen molar-refractivity contribution in [2.75, 3.05) is 17.2 Å². The molecule has 2 amide bonds. The van der Waals surface area contributed by atoms with E-state index in [2.05, 4.69) is 15.6 Å². The molecule has 4 rings (SSSR count). The molecule has 1 atom stereocenters. The first-order valence-electron chi connectivity index (χ1n) is 11.2. The molecule has 0 fully saturated rings. The van der Waals surface area contributed by atoms with Gasteiger partial charge in [0.25, 0.3) is 5.91 Å². The van der Waals surface area contributed by atoms with Crippen LogP contribution in [0.25, 0.3) is 11.3 Å². The van der Waals surface area contributed by atoms with Crippen molar-refractivity contribution in [1.29, 1.82) is 0 Å². The van der Waals surface area contributed by atoms with Crippen molar-refractivity contribution in [1.82, 2.24) is 4.98 Å². The molecule has 0 aliphatic heterocycles. The molecule has 1 unspecified atom stereocenters. The van der Waals surface area contributed by atoms with Crippen molar-refractivity contribution in [2.24, 2.45) is 0 Å². The summed E-state index contributed by atoms with van der Waals surface area (Å²) in [5, 5.41) is 7.70. The normalized spacial score (nSPS) is 11.5. The van der Waals surface area contributed by atoms with E-state index in [4.69, 9.17) is 4.74 Å². The van der Waals surface area contributed by atoms with Gasteiger partial charge in [-0.2, -0.15) is 0 Å². The van der Waals surface area contributed by atoms with Gasteiger partial charge in [0, 0.05) is 27.1 Å². The highest BCUT2D eigenvalue weighted by atomic mass is 32.2. The van der Waals surface area contributed by atoms with Crippen LogP contribution in [0.1, 0.15) is 24.2 Å². The van der Waals surface area contributed by atoms with Gasteiger partial charge >= 0.3 is 0 Å². The van der Waals surface area contributed by atoms with Gasteiger partial charge in [0.15, 0.2) is 5.13 Å². The molecular weight excluding hydrogens is 497 g/mol. The number of anilines is 2. The second kappa shape index (κ2) is 11.8. The second-order valence-corrected chi connectivity index (χ2v) is 10.0. The van der Waals surface area contributed by atoms with Gasteiger partial charge in [-0.25, -0.2) is 9.37 Å². The van der Waals surface area contributed by atoms with Crippen molar-refractivity contribution in [3.63, 3.8) is 0 Å². The van der Waals surface area contributed by atoms with Gasteiger partial charge in [-0.15, -0.1) is 23.1 Å². The number of halogens is 1. The Morgan fingerprint density at radius 1 is 1.06 bits per heavy atom. The molecule has 0 saturated heterocycles. The van der Waals surface area contributed by atoms with Crippen LogP contribution in [0.15, 0.2) is 83.1 Å². The Bertz CT molecular complexity index is 1340. The molecule has 3 aromatic carbocycles. The van der Waals surface area contributed by atoms with Gasteiger partial charge in [0.2, 0.25) is 5.91 Å². The minimum atomic E-state index is -0.401. The zero-order chi connectivity index (χ0) is 25.5. The van der Waals surface area contributed by atoms with Crippen LogP contribution >= 0.6 is 23.1 Å². The van der Waals surface area contributed by atoms with E-state index in [0.29, 0.717) is 23.0 Å². The topological polar surface area (TPSA) is 80.3 Å². The third kappa shape index (κ3) is 6.71. The number of carbonyl (C=O) groups excluding carboxylic acids is 2.